The first-order valence-corrected chi connectivity index (χ1v) is 10.1. The lowest BCUT2D eigenvalue weighted by molar-refractivity contribution is 0.112. The molecule has 0 saturated carbocycles. The molecular formula is C15H20OSSi. The minimum Gasteiger partial charge on any atom is -0.297 e. The van der Waals surface area contributed by atoms with Gasteiger partial charge >= 0.3 is 0 Å². The molecule has 0 spiro atoms. The Kier molecular flexibility index (Phi) is 3.24. The van der Waals surface area contributed by atoms with Crippen LogP contribution >= 0.6 is 11.3 Å². The van der Waals surface area contributed by atoms with Crippen LogP contribution in [0.1, 0.15) is 30.4 Å². The first-order chi connectivity index (χ1) is 8.29. The molecule has 1 nitrogen and oxygen atoms in total. The van der Waals surface area contributed by atoms with Gasteiger partial charge in [0, 0.05) is 5.39 Å². The van der Waals surface area contributed by atoms with Crippen LogP contribution in [-0.4, -0.2) is 14.4 Å². The average Bonchev–Trinajstić information content (AvgIpc) is 2.66. The second-order valence-corrected chi connectivity index (χ2v) is 13.0. The van der Waals surface area contributed by atoms with Gasteiger partial charge in [-0.15, -0.1) is 11.3 Å². The molecule has 0 aliphatic carbocycles. The van der Waals surface area contributed by atoms with E-state index in [0.29, 0.717) is 5.04 Å². The maximum atomic E-state index is 11.2. The van der Waals surface area contributed by atoms with E-state index in [1.54, 1.807) is 11.3 Å². The van der Waals surface area contributed by atoms with E-state index in [4.69, 9.17) is 0 Å². The van der Waals surface area contributed by atoms with Crippen LogP contribution in [0.4, 0.5) is 0 Å². The lowest BCUT2D eigenvalue weighted by atomic mass is 10.2. The molecule has 0 atom stereocenters. The Bertz CT molecular complexity index is 590. The van der Waals surface area contributed by atoms with Crippen LogP contribution in [0.5, 0.6) is 0 Å². The van der Waals surface area contributed by atoms with Gasteiger partial charge in [-0.1, -0.05) is 58.1 Å². The number of hydrogen-bond acceptors (Lipinski definition) is 2. The summed E-state index contributed by atoms with van der Waals surface area (Å²) in [7, 11) is -1.58. The summed E-state index contributed by atoms with van der Waals surface area (Å²) in [4.78, 5) is 12.1. The summed E-state index contributed by atoms with van der Waals surface area (Å²) in [6, 6.07) is 8.30. The van der Waals surface area contributed by atoms with Gasteiger partial charge in [0.25, 0.3) is 0 Å². The molecule has 0 radical (unpaired) electrons. The molecule has 3 heteroatoms. The number of rotatable bonds is 2. The van der Waals surface area contributed by atoms with E-state index < -0.39 is 8.07 Å². The van der Waals surface area contributed by atoms with Gasteiger partial charge in [0.15, 0.2) is 6.29 Å². The third-order valence-electron chi connectivity index (χ3n) is 4.20. The minimum atomic E-state index is -1.58. The van der Waals surface area contributed by atoms with E-state index in [2.05, 4.69) is 52.1 Å². The Morgan fingerprint density at radius 2 is 1.67 bits per heavy atom. The molecule has 96 valence electrons. The van der Waals surface area contributed by atoms with Crippen LogP contribution in [0, 0.1) is 0 Å². The van der Waals surface area contributed by atoms with Gasteiger partial charge in [-0.25, -0.2) is 0 Å². The molecule has 1 aromatic carbocycles. The van der Waals surface area contributed by atoms with Gasteiger partial charge in [-0.05, 0) is 14.9 Å². The molecule has 1 heterocycles. The molecule has 0 saturated heterocycles. The Balaban J connectivity index is 2.77. The topological polar surface area (TPSA) is 17.1 Å². The van der Waals surface area contributed by atoms with Crippen molar-refractivity contribution in [3.63, 3.8) is 0 Å². The van der Waals surface area contributed by atoms with Crippen molar-refractivity contribution in [3.05, 3.63) is 29.1 Å². The molecule has 18 heavy (non-hydrogen) atoms. The predicted molar refractivity (Wildman–Crippen MR) is 84.0 cm³/mol. The highest BCUT2D eigenvalue weighted by Gasteiger charge is 2.39. The monoisotopic (exact) mass is 276 g/mol. The van der Waals surface area contributed by atoms with Crippen molar-refractivity contribution < 1.29 is 4.79 Å². The fourth-order valence-corrected chi connectivity index (χ4v) is 6.69. The van der Waals surface area contributed by atoms with Gasteiger partial charge in [0.1, 0.15) is 0 Å². The molecule has 0 amide bonds. The molecular weight excluding hydrogens is 256 g/mol. The minimum absolute atomic E-state index is 0.292. The average molecular weight is 276 g/mol. The van der Waals surface area contributed by atoms with Crippen molar-refractivity contribution in [1.29, 1.82) is 0 Å². The van der Waals surface area contributed by atoms with Gasteiger partial charge < -0.3 is 0 Å². The van der Waals surface area contributed by atoms with Gasteiger partial charge in [-0.3, -0.25) is 4.79 Å². The van der Waals surface area contributed by atoms with Crippen molar-refractivity contribution in [3.8, 4) is 0 Å². The lowest BCUT2D eigenvalue weighted by Gasteiger charge is -2.36. The third-order valence-corrected chi connectivity index (χ3v) is 12.2. The smallest absolute Gasteiger partial charge is 0.160 e. The highest BCUT2D eigenvalue weighted by atomic mass is 32.1. The Hall–Kier alpha value is -0.933. The summed E-state index contributed by atoms with van der Waals surface area (Å²) in [6.07, 6.45) is 1.00. The molecule has 0 aliphatic heterocycles. The van der Waals surface area contributed by atoms with E-state index in [0.717, 1.165) is 16.5 Å². The number of carbonyl (C=O) groups excluding carboxylic acids is 1. The molecule has 0 unspecified atom stereocenters. The predicted octanol–water partition coefficient (Wildman–Crippen LogP) is 4.43. The Morgan fingerprint density at radius 3 is 2.17 bits per heavy atom. The zero-order valence-corrected chi connectivity index (χ0v) is 13.5. The van der Waals surface area contributed by atoms with Crippen LogP contribution < -0.4 is 4.50 Å². The Labute approximate surface area is 114 Å². The van der Waals surface area contributed by atoms with E-state index >= 15 is 0 Å². The molecule has 2 rings (SSSR count). The maximum absolute atomic E-state index is 11.2. The number of benzene rings is 1. The summed E-state index contributed by atoms with van der Waals surface area (Å²) in [5, 5.41) is 2.70. The van der Waals surface area contributed by atoms with E-state index in [1.165, 1.54) is 9.89 Å². The normalized spacial score (nSPS) is 12.9. The summed E-state index contributed by atoms with van der Waals surface area (Å²) >= 11 is 1.70. The van der Waals surface area contributed by atoms with Crippen LogP contribution in [0.2, 0.25) is 18.1 Å². The number of carbonyl (C=O) groups is 1. The Morgan fingerprint density at radius 1 is 1.11 bits per heavy atom. The number of aldehydes is 1. The highest BCUT2D eigenvalue weighted by molar-refractivity contribution is 7.30. The van der Waals surface area contributed by atoms with Crippen LogP contribution in [0.3, 0.4) is 0 Å². The second kappa shape index (κ2) is 4.32. The number of thiophene rings is 1. The van der Waals surface area contributed by atoms with Crippen LogP contribution in [-0.2, 0) is 0 Å². The summed E-state index contributed by atoms with van der Waals surface area (Å²) in [5.41, 5.74) is 0. The molecule has 0 bridgehead atoms. The van der Waals surface area contributed by atoms with E-state index in [1.807, 2.05) is 6.07 Å². The molecule has 1 aromatic heterocycles. The van der Waals surface area contributed by atoms with Crippen LogP contribution in [0.15, 0.2) is 24.3 Å². The molecule has 0 fully saturated rings. The molecule has 2 aromatic rings. The molecule has 0 N–H and O–H groups in total. The van der Waals surface area contributed by atoms with E-state index in [9.17, 15) is 4.79 Å². The highest BCUT2D eigenvalue weighted by Crippen LogP contribution is 2.39. The quantitative estimate of drug-likeness (QED) is 0.586. The number of fused-ring (bicyclic) bond motifs is 1. The zero-order chi connectivity index (χ0) is 13.6. The van der Waals surface area contributed by atoms with Crippen molar-refractivity contribution in [2.24, 2.45) is 0 Å². The van der Waals surface area contributed by atoms with Crippen molar-refractivity contribution in [1.82, 2.24) is 0 Å². The number of hydrogen-bond donors (Lipinski definition) is 0. The summed E-state index contributed by atoms with van der Waals surface area (Å²) in [5.74, 6) is 0. The molecule has 0 aliphatic rings. The van der Waals surface area contributed by atoms with Crippen molar-refractivity contribution in [2.45, 2.75) is 38.9 Å². The fourth-order valence-electron chi connectivity index (χ4n) is 2.01. The van der Waals surface area contributed by atoms with Crippen molar-refractivity contribution in [2.75, 3.05) is 0 Å². The fraction of sp³-hybridized carbons (Fsp3) is 0.400. The first-order valence-electron chi connectivity index (χ1n) is 6.26. The summed E-state index contributed by atoms with van der Waals surface area (Å²) in [6.45, 7) is 11.7. The van der Waals surface area contributed by atoms with Crippen LogP contribution in [0.25, 0.3) is 10.8 Å². The van der Waals surface area contributed by atoms with Gasteiger partial charge in [0.2, 0.25) is 0 Å². The zero-order valence-electron chi connectivity index (χ0n) is 11.7. The largest absolute Gasteiger partial charge is 0.297 e. The van der Waals surface area contributed by atoms with Gasteiger partial charge in [-0.2, -0.15) is 0 Å². The summed E-state index contributed by atoms with van der Waals surface area (Å²) < 4.78 is 1.45. The van der Waals surface area contributed by atoms with E-state index in [-0.39, 0.29) is 0 Å². The maximum Gasteiger partial charge on any atom is 0.160 e. The van der Waals surface area contributed by atoms with Crippen molar-refractivity contribution >= 4 is 41.0 Å². The first kappa shape index (κ1) is 13.5. The SMILES string of the molecule is CC(C)(C)[Si](C)(C)c1sc(C=O)c2ccccc12. The lowest BCUT2D eigenvalue weighted by Crippen LogP contribution is -2.48. The second-order valence-electron chi connectivity index (χ2n) is 6.33. The third kappa shape index (κ3) is 1.95. The standard InChI is InChI=1S/C15H20OSSi/c1-15(2,3)18(4,5)14-12-9-7-6-8-11(12)13(10-16)17-14/h6-10H,1-5H3. The van der Waals surface area contributed by atoms with Gasteiger partial charge in [0.05, 0.1) is 13.0 Å².